The molecule has 134 valence electrons. The average Bonchev–Trinajstić information content (AvgIpc) is 2.62. The van der Waals surface area contributed by atoms with E-state index in [9.17, 15) is 19.5 Å². The Hall–Kier alpha value is -2.87. The van der Waals surface area contributed by atoms with E-state index in [-0.39, 0.29) is 12.2 Å². The Morgan fingerprint density at radius 1 is 1.15 bits per heavy atom. The maximum atomic E-state index is 12.8. The maximum absolute atomic E-state index is 12.8. The second-order valence-electron chi connectivity index (χ2n) is 5.71. The van der Waals surface area contributed by atoms with Crippen LogP contribution in [0, 0.1) is 5.92 Å². The summed E-state index contributed by atoms with van der Waals surface area (Å²) in [5.74, 6) is -1.66. The smallest absolute Gasteiger partial charge is 0.335 e. The van der Waals surface area contributed by atoms with Crippen molar-refractivity contribution in [2.75, 3.05) is 12.0 Å². The molecule has 0 saturated carbocycles. The average molecular weight is 419 g/mol. The van der Waals surface area contributed by atoms with Crippen molar-refractivity contribution in [3.63, 3.8) is 0 Å². The van der Waals surface area contributed by atoms with Crippen LogP contribution < -0.4 is 15.0 Å². The Bertz CT molecular complexity index is 882. The van der Waals surface area contributed by atoms with Gasteiger partial charge in [-0.15, -0.1) is 0 Å². The largest absolute Gasteiger partial charge is 0.507 e. The monoisotopic (exact) mass is 418 g/mol. The van der Waals surface area contributed by atoms with Gasteiger partial charge in [-0.05, 0) is 64.3 Å². The second kappa shape index (κ2) is 7.17. The van der Waals surface area contributed by atoms with Crippen molar-refractivity contribution < 1.29 is 24.2 Å². The van der Waals surface area contributed by atoms with Crippen molar-refractivity contribution in [2.24, 2.45) is 5.92 Å². The van der Waals surface area contributed by atoms with Crippen molar-refractivity contribution in [3.8, 4) is 11.5 Å². The van der Waals surface area contributed by atoms with Crippen molar-refractivity contribution >= 4 is 39.5 Å². The number of nitrogens with one attached hydrogen (secondary N) is 1. The molecular weight excluding hydrogens is 404 g/mol. The molecule has 0 radical (unpaired) electrons. The topological polar surface area (TPSA) is 95.9 Å². The fourth-order valence-electron chi connectivity index (χ4n) is 2.69. The van der Waals surface area contributed by atoms with E-state index in [1.165, 1.54) is 13.2 Å². The third-order valence-electron chi connectivity index (χ3n) is 4.05. The molecule has 3 rings (SSSR count). The van der Waals surface area contributed by atoms with Crippen LogP contribution >= 0.6 is 15.9 Å². The molecule has 0 aromatic heterocycles. The molecule has 1 aliphatic rings. The first-order chi connectivity index (χ1) is 12.4. The van der Waals surface area contributed by atoms with Gasteiger partial charge in [0.15, 0.2) is 0 Å². The summed E-state index contributed by atoms with van der Waals surface area (Å²) in [4.78, 5) is 38.1. The summed E-state index contributed by atoms with van der Waals surface area (Å²) in [7, 11) is 1.51. The first-order valence-electron chi connectivity index (χ1n) is 7.71. The van der Waals surface area contributed by atoms with Gasteiger partial charge >= 0.3 is 6.03 Å². The first kappa shape index (κ1) is 17.9. The lowest BCUT2D eigenvalue weighted by atomic mass is 9.95. The van der Waals surface area contributed by atoms with Gasteiger partial charge in [0.25, 0.3) is 0 Å². The van der Waals surface area contributed by atoms with Gasteiger partial charge in [0.1, 0.15) is 17.4 Å². The number of imide groups is 2. The molecule has 2 aromatic carbocycles. The van der Waals surface area contributed by atoms with Crippen LogP contribution in [-0.2, 0) is 16.0 Å². The van der Waals surface area contributed by atoms with Gasteiger partial charge in [-0.3, -0.25) is 14.9 Å². The van der Waals surface area contributed by atoms with Crippen LogP contribution in [0.1, 0.15) is 5.56 Å². The molecular formula is C18H15BrN2O5. The number of amides is 4. The van der Waals surface area contributed by atoms with Crippen LogP contribution in [0.15, 0.2) is 46.9 Å². The lowest BCUT2D eigenvalue weighted by Gasteiger charge is -2.30. The number of ether oxygens (including phenoxy) is 1. The van der Waals surface area contributed by atoms with Crippen LogP contribution in [-0.4, -0.2) is 30.1 Å². The number of benzene rings is 2. The number of barbiturate groups is 1. The van der Waals surface area contributed by atoms with E-state index < -0.39 is 23.8 Å². The van der Waals surface area contributed by atoms with E-state index >= 15 is 0 Å². The highest BCUT2D eigenvalue weighted by Gasteiger charge is 2.41. The van der Waals surface area contributed by atoms with Gasteiger partial charge in [-0.1, -0.05) is 6.07 Å². The van der Waals surface area contributed by atoms with E-state index in [2.05, 4.69) is 21.2 Å². The molecule has 4 amide bonds. The number of nitrogens with zero attached hydrogens (tertiary/aromatic N) is 1. The molecule has 1 unspecified atom stereocenters. The van der Waals surface area contributed by atoms with Gasteiger partial charge in [0.05, 0.1) is 17.3 Å². The molecule has 1 fully saturated rings. The zero-order valence-electron chi connectivity index (χ0n) is 13.7. The number of urea groups is 1. The third kappa shape index (κ3) is 3.41. The van der Waals surface area contributed by atoms with Crippen molar-refractivity contribution in [1.82, 2.24) is 5.32 Å². The highest BCUT2D eigenvalue weighted by atomic mass is 79.9. The molecule has 1 saturated heterocycles. The lowest BCUT2D eigenvalue weighted by molar-refractivity contribution is -0.134. The normalized spacial score (nSPS) is 17.2. The molecule has 26 heavy (non-hydrogen) atoms. The predicted molar refractivity (Wildman–Crippen MR) is 97.0 cm³/mol. The minimum Gasteiger partial charge on any atom is -0.507 e. The highest BCUT2D eigenvalue weighted by molar-refractivity contribution is 9.10. The molecule has 0 spiro atoms. The van der Waals surface area contributed by atoms with Crippen LogP contribution in [0.5, 0.6) is 11.5 Å². The Morgan fingerprint density at radius 2 is 1.85 bits per heavy atom. The Balaban J connectivity index is 1.88. The number of phenols is 1. The zero-order chi connectivity index (χ0) is 18.8. The zero-order valence-corrected chi connectivity index (χ0v) is 15.3. The van der Waals surface area contributed by atoms with Gasteiger partial charge in [-0.25, -0.2) is 9.69 Å². The van der Waals surface area contributed by atoms with Crippen molar-refractivity contribution in [3.05, 3.63) is 52.5 Å². The number of methoxy groups -OCH3 is 1. The van der Waals surface area contributed by atoms with E-state index in [4.69, 9.17) is 4.74 Å². The number of aromatic hydroxyl groups is 1. The molecule has 1 atom stereocenters. The third-order valence-corrected chi connectivity index (χ3v) is 4.69. The number of anilines is 1. The van der Waals surface area contributed by atoms with Gasteiger partial charge in [-0.2, -0.15) is 0 Å². The Morgan fingerprint density at radius 3 is 2.46 bits per heavy atom. The molecule has 0 aliphatic carbocycles. The van der Waals surface area contributed by atoms with Crippen LogP contribution in [0.25, 0.3) is 0 Å². The number of halogens is 1. The van der Waals surface area contributed by atoms with E-state index in [1.54, 1.807) is 36.4 Å². The second-order valence-corrected chi connectivity index (χ2v) is 6.56. The summed E-state index contributed by atoms with van der Waals surface area (Å²) in [6.45, 7) is 0. The lowest BCUT2D eigenvalue weighted by Crippen LogP contribution is -2.58. The summed E-state index contributed by atoms with van der Waals surface area (Å²) in [5, 5.41) is 11.8. The molecule has 2 N–H and O–H groups in total. The molecule has 1 heterocycles. The van der Waals surface area contributed by atoms with Crippen molar-refractivity contribution in [2.45, 2.75) is 6.42 Å². The van der Waals surface area contributed by atoms with Gasteiger partial charge < -0.3 is 9.84 Å². The number of hydrogen-bond acceptors (Lipinski definition) is 5. The van der Waals surface area contributed by atoms with Gasteiger partial charge in [0, 0.05) is 0 Å². The van der Waals surface area contributed by atoms with E-state index in [0.29, 0.717) is 21.5 Å². The minimum atomic E-state index is -1.05. The molecule has 0 bridgehead atoms. The molecule has 1 aliphatic heterocycles. The minimum absolute atomic E-state index is 0.0585. The molecule has 8 heteroatoms. The number of rotatable bonds is 4. The quantitative estimate of drug-likeness (QED) is 0.743. The standard InChI is InChI=1S/C18H15BrN2O5/c1-26-12-5-3-11(4-6-12)21-17(24)13(16(23)20-18(21)25)8-10-2-7-15(22)14(19)9-10/h2-7,9,13,22H,8H2,1H3,(H,20,23,25). The van der Waals surface area contributed by atoms with Crippen molar-refractivity contribution in [1.29, 1.82) is 0 Å². The first-order valence-corrected chi connectivity index (χ1v) is 8.50. The number of hydrogen-bond donors (Lipinski definition) is 2. The number of carbonyl (C=O) groups is 3. The summed E-state index contributed by atoms with van der Waals surface area (Å²) >= 11 is 3.20. The fourth-order valence-corrected chi connectivity index (χ4v) is 3.11. The SMILES string of the molecule is COc1ccc(N2C(=O)NC(=O)C(Cc3ccc(O)c(Br)c3)C2=O)cc1. The summed E-state index contributed by atoms with van der Waals surface area (Å²) in [5.41, 5.74) is 1.02. The summed E-state index contributed by atoms with van der Waals surface area (Å²) < 4.78 is 5.53. The Labute approximate surface area is 157 Å². The number of phenolic OH excluding ortho intramolecular Hbond substituents is 1. The molecule has 7 nitrogen and oxygen atoms in total. The Kier molecular flexibility index (Phi) is 4.94. The van der Waals surface area contributed by atoms with E-state index in [0.717, 1.165) is 4.90 Å². The predicted octanol–water partition coefficient (Wildman–Crippen LogP) is 2.61. The van der Waals surface area contributed by atoms with Crippen LogP contribution in [0.3, 0.4) is 0 Å². The fraction of sp³-hybridized carbons (Fsp3) is 0.167. The maximum Gasteiger partial charge on any atom is 0.335 e. The number of carbonyl (C=O) groups excluding carboxylic acids is 3. The van der Waals surface area contributed by atoms with Crippen LogP contribution in [0.2, 0.25) is 0 Å². The molecule has 2 aromatic rings. The summed E-state index contributed by atoms with van der Waals surface area (Å²) in [6, 6.07) is 10.3. The summed E-state index contributed by atoms with van der Waals surface area (Å²) in [6.07, 6.45) is 0.101. The van der Waals surface area contributed by atoms with E-state index in [1.807, 2.05) is 0 Å². The highest BCUT2D eigenvalue weighted by Crippen LogP contribution is 2.28. The van der Waals surface area contributed by atoms with Gasteiger partial charge in [0.2, 0.25) is 11.8 Å². The van der Waals surface area contributed by atoms with Crippen LogP contribution in [0.4, 0.5) is 10.5 Å².